The lowest BCUT2D eigenvalue weighted by Gasteiger charge is -2.28. The van der Waals surface area contributed by atoms with Crippen LogP contribution in [0.3, 0.4) is 0 Å². The van der Waals surface area contributed by atoms with Crippen LogP contribution in [0.1, 0.15) is 57.6 Å². The van der Waals surface area contributed by atoms with Crippen LogP contribution in [0.4, 0.5) is 0 Å². The lowest BCUT2D eigenvalue weighted by atomic mass is 9.90. The highest BCUT2D eigenvalue weighted by Gasteiger charge is 2.24. The fraction of sp³-hybridized carbons (Fsp3) is 0.625. The predicted octanol–water partition coefficient (Wildman–Crippen LogP) is 3.27. The summed E-state index contributed by atoms with van der Waals surface area (Å²) >= 11 is 6.05. The van der Waals surface area contributed by atoms with E-state index in [9.17, 15) is 9.90 Å². The van der Waals surface area contributed by atoms with Crippen molar-refractivity contribution in [3.8, 4) is 0 Å². The van der Waals surface area contributed by atoms with E-state index >= 15 is 0 Å². The van der Waals surface area contributed by atoms with E-state index in [4.69, 9.17) is 11.6 Å². The van der Waals surface area contributed by atoms with E-state index < -0.39 is 5.60 Å². The van der Waals surface area contributed by atoms with Gasteiger partial charge in [-0.15, -0.1) is 0 Å². The first kappa shape index (κ1) is 17.9. The molecule has 4 nitrogen and oxygen atoms in total. The first-order chi connectivity index (χ1) is 9.44. The normalized spacial score (nSPS) is 12.4. The number of halogens is 1. The van der Waals surface area contributed by atoms with E-state index in [1.807, 2.05) is 27.7 Å². The molecule has 1 aromatic heterocycles. The number of carbonyl (C=O) groups is 1. The van der Waals surface area contributed by atoms with Crippen LogP contribution in [-0.2, 0) is 5.41 Å². The number of carbonyl (C=O) groups excluding carboxylic acids is 1. The molecular weight excluding hydrogens is 288 g/mol. The fourth-order valence-electron chi connectivity index (χ4n) is 1.98. The minimum atomic E-state index is -0.935. The molecule has 1 heterocycles. The zero-order chi connectivity index (χ0) is 16.4. The molecule has 0 aliphatic carbocycles. The highest BCUT2D eigenvalue weighted by molar-refractivity contribution is 6.29. The van der Waals surface area contributed by atoms with Crippen LogP contribution < -0.4 is 0 Å². The molecule has 0 fully saturated rings. The van der Waals surface area contributed by atoms with Gasteiger partial charge in [-0.05, 0) is 32.9 Å². The fourth-order valence-corrected chi connectivity index (χ4v) is 2.19. The van der Waals surface area contributed by atoms with Crippen LogP contribution in [0.15, 0.2) is 12.1 Å². The predicted molar refractivity (Wildman–Crippen MR) is 85.8 cm³/mol. The summed E-state index contributed by atoms with van der Waals surface area (Å²) in [4.78, 5) is 18.5. The summed E-state index contributed by atoms with van der Waals surface area (Å²) in [7, 11) is 0. The average Bonchev–Trinajstić information content (AvgIpc) is 2.32. The number of rotatable bonds is 4. The summed E-state index contributed by atoms with van der Waals surface area (Å²) in [5, 5.41) is 10.2. The number of hydrogen-bond donors (Lipinski definition) is 1. The Kier molecular flexibility index (Phi) is 5.40. The maximum atomic E-state index is 12.6. The number of aliphatic hydroxyl groups is 1. The molecule has 1 aromatic rings. The van der Waals surface area contributed by atoms with Crippen molar-refractivity contribution in [3.05, 3.63) is 28.5 Å². The van der Waals surface area contributed by atoms with Crippen LogP contribution in [0.5, 0.6) is 0 Å². The van der Waals surface area contributed by atoms with Gasteiger partial charge in [0.2, 0.25) is 0 Å². The Balaban J connectivity index is 3.14. The molecule has 21 heavy (non-hydrogen) atoms. The molecule has 0 saturated carbocycles. The SMILES string of the molecule is CCN(CC(C)(C)O)C(=O)c1cc(Cl)nc(C(C)(C)C)c1. The summed E-state index contributed by atoms with van der Waals surface area (Å²) in [6.07, 6.45) is 0. The number of hydrogen-bond acceptors (Lipinski definition) is 3. The second-order valence-electron chi connectivity index (χ2n) is 6.95. The Bertz CT molecular complexity index is 516. The molecular formula is C16H25ClN2O2. The van der Waals surface area contributed by atoms with Gasteiger partial charge in [0.1, 0.15) is 5.15 Å². The number of pyridine rings is 1. The van der Waals surface area contributed by atoms with Crippen molar-refractivity contribution in [2.24, 2.45) is 0 Å². The molecule has 0 spiro atoms. The van der Waals surface area contributed by atoms with Crippen molar-refractivity contribution in [1.82, 2.24) is 9.88 Å². The van der Waals surface area contributed by atoms with Gasteiger partial charge >= 0.3 is 0 Å². The van der Waals surface area contributed by atoms with Gasteiger partial charge in [-0.2, -0.15) is 0 Å². The molecule has 118 valence electrons. The highest BCUT2D eigenvalue weighted by atomic mass is 35.5. The van der Waals surface area contributed by atoms with E-state index in [-0.39, 0.29) is 17.9 Å². The molecule has 0 atom stereocenters. The quantitative estimate of drug-likeness (QED) is 0.868. The summed E-state index contributed by atoms with van der Waals surface area (Å²) in [6, 6.07) is 3.35. The van der Waals surface area contributed by atoms with Gasteiger partial charge in [0.25, 0.3) is 5.91 Å². The molecule has 0 bridgehead atoms. The standard InChI is InChI=1S/C16H25ClN2O2/c1-7-19(10-16(5,6)21)14(20)11-8-12(15(2,3)4)18-13(17)9-11/h8-9,21H,7,10H2,1-6H3. The van der Waals surface area contributed by atoms with E-state index in [0.29, 0.717) is 17.3 Å². The van der Waals surface area contributed by atoms with Crippen molar-refractivity contribution < 1.29 is 9.90 Å². The molecule has 0 unspecified atom stereocenters. The lowest BCUT2D eigenvalue weighted by Crippen LogP contribution is -2.42. The molecule has 1 amide bonds. The number of nitrogens with zero attached hydrogens (tertiary/aromatic N) is 2. The van der Waals surface area contributed by atoms with Gasteiger partial charge in [0, 0.05) is 29.8 Å². The van der Waals surface area contributed by atoms with E-state index in [2.05, 4.69) is 4.98 Å². The first-order valence-corrected chi connectivity index (χ1v) is 7.51. The number of aromatic nitrogens is 1. The Labute approximate surface area is 132 Å². The van der Waals surface area contributed by atoms with Crippen LogP contribution in [-0.4, -0.2) is 39.6 Å². The maximum Gasteiger partial charge on any atom is 0.254 e. The smallest absolute Gasteiger partial charge is 0.254 e. The Morgan fingerprint density at radius 3 is 2.29 bits per heavy atom. The maximum absolute atomic E-state index is 12.6. The third-order valence-electron chi connectivity index (χ3n) is 3.06. The number of amides is 1. The van der Waals surface area contributed by atoms with E-state index in [0.717, 1.165) is 5.69 Å². The van der Waals surface area contributed by atoms with Gasteiger partial charge in [0.05, 0.1) is 5.60 Å². The van der Waals surface area contributed by atoms with Crippen LogP contribution >= 0.6 is 11.6 Å². The van der Waals surface area contributed by atoms with Crippen molar-refractivity contribution in [3.63, 3.8) is 0 Å². The highest BCUT2D eigenvalue weighted by Crippen LogP contribution is 2.24. The number of likely N-dealkylation sites (N-methyl/N-ethyl adjacent to an activating group) is 1. The molecule has 1 N–H and O–H groups in total. The minimum absolute atomic E-state index is 0.144. The Morgan fingerprint density at radius 2 is 1.86 bits per heavy atom. The van der Waals surface area contributed by atoms with Crippen LogP contribution in [0.2, 0.25) is 5.15 Å². The van der Waals surface area contributed by atoms with Gasteiger partial charge in [-0.3, -0.25) is 4.79 Å². The summed E-state index contributed by atoms with van der Waals surface area (Å²) in [5.74, 6) is -0.144. The van der Waals surface area contributed by atoms with Crippen molar-refractivity contribution in [2.45, 2.75) is 52.6 Å². The molecule has 5 heteroatoms. The van der Waals surface area contributed by atoms with E-state index in [1.54, 1.807) is 30.9 Å². The van der Waals surface area contributed by atoms with Crippen LogP contribution in [0.25, 0.3) is 0 Å². The topological polar surface area (TPSA) is 53.4 Å². The molecule has 0 aromatic carbocycles. The Morgan fingerprint density at radius 1 is 1.29 bits per heavy atom. The van der Waals surface area contributed by atoms with Gasteiger partial charge in [-0.1, -0.05) is 32.4 Å². The average molecular weight is 313 g/mol. The van der Waals surface area contributed by atoms with Gasteiger partial charge in [-0.25, -0.2) is 4.98 Å². The Hall–Kier alpha value is -1.13. The zero-order valence-electron chi connectivity index (χ0n) is 13.7. The molecule has 0 saturated heterocycles. The lowest BCUT2D eigenvalue weighted by molar-refractivity contribution is 0.0314. The second-order valence-corrected chi connectivity index (χ2v) is 7.33. The van der Waals surface area contributed by atoms with Crippen molar-refractivity contribution in [1.29, 1.82) is 0 Å². The van der Waals surface area contributed by atoms with Gasteiger partial charge < -0.3 is 10.0 Å². The van der Waals surface area contributed by atoms with Gasteiger partial charge in [0.15, 0.2) is 0 Å². The summed E-state index contributed by atoms with van der Waals surface area (Å²) in [5.41, 5.74) is 0.159. The van der Waals surface area contributed by atoms with Crippen molar-refractivity contribution >= 4 is 17.5 Å². The van der Waals surface area contributed by atoms with Crippen molar-refractivity contribution in [2.75, 3.05) is 13.1 Å². The van der Waals surface area contributed by atoms with E-state index in [1.165, 1.54) is 0 Å². The first-order valence-electron chi connectivity index (χ1n) is 7.14. The minimum Gasteiger partial charge on any atom is -0.389 e. The molecule has 1 rings (SSSR count). The molecule has 0 aliphatic rings. The molecule has 0 radical (unpaired) electrons. The molecule has 0 aliphatic heterocycles. The summed E-state index contributed by atoms with van der Waals surface area (Å²) < 4.78 is 0. The van der Waals surface area contributed by atoms with Crippen LogP contribution in [0, 0.1) is 0 Å². The third-order valence-corrected chi connectivity index (χ3v) is 3.25. The monoisotopic (exact) mass is 312 g/mol. The second kappa shape index (κ2) is 6.32. The zero-order valence-corrected chi connectivity index (χ0v) is 14.5. The largest absolute Gasteiger partial charge is 0.389 e. The summed E-state index contributed by atoms with van der Waals surface area (Å²) in [6.45, 7) is 12.1. The third kappa shape index (κ3) is 5.29.